The highest BCUT2D eigenvalue weighted by molar-refractivity contribution is 8.18. The lowest BCUT2D eigenvalue weighted by atomic mass is 10.2. The Kier molecular flexibility index (Phi) is 5.69. The number of methoxy groups -OCH3 is 1. The normalized spacial score (nSPS) is 15.2. The van der Waals surface area contributed by atoms with Gasteiger partial charge in [0.05, 0.1) is 18.6 Å². The first-order valence-corrected chi connectivity index (χ1v) is 10.5. The van der Waals surface area contributed by atoms with Crippen LogP contribution in [-0.2, 0) is 11.3 Å². The molecular weight excluding hydrogens is 415 g/mol. The molecule has 1 fully saturated rings. The maximum atomic E-state index is 13.1. The number of aryl methyl sites for hydroxylation is 1. The lowest BCUT2D eigenvalue weighted by Gasteiger charge is -2.12. The smallest absolute Gasteiger partial charge is 0.293 e. The number of imide groups is 1. The molecular formula is C24H21FN2O3S. The predicted molar refractivity (Wildman–Crippen MR) is 120 cm³/mol. The molecule has 31 heavy (non-hydrogen) atoms. The highest BCUT2D eigenvalue weighted by Crippen LogP contribution is 2.35. The summed E-state index contributed by atoms with van der Waals surface area (Å²) < 4.78 is 20.5. The molecule has 7 heteroatoms. The Morgan fingerprint density at radius 1 is 1.06 bits per heavy atom. The lowest BCUT2D eigenvalue weighted by Crippen LogP contribution is -2.27. The molecule has 2 heterocycles. The van der Waals surface area contributed by atoms with Crippen molar-refractivity contribution in [2.45, 2.75) is 20.4 Å². The molecule has 5 nitrogen and oxygen atoms in total. The number of hydrogen-bond acceptors (Lipinski definition) is 4. The van der Waals surface area contributed by atoms with Crippen LogP contribution in [0.1, 0.15) is 22.5 Å². The number of carbonyl (C=O) groups excluding carboxylic acids is 2. The number of rotatable bonds is 5. The summed E-state index contributed by atoms with van der Waals surface area (Å²) in [7, 11) is 1.63. The Morgan fingerprint density at radius 2 is 1.81 bits per heavy atom. The van der Waals surface area contributed by atoms with Gasteiger partial charge < -0.3 is 9.30 Å². The van der Waals surface area contributed by atoms with Crippen LogP contribution in [-0.4, -0.2) is 27.7 Å². The molecule has 1 aromatic heterocycles. The summed E-state index contributed by atoms with van der Waals surface area (Å²) in [6.45, 7) is 4.08. The Balaban J connectivity index is 1.62. The van der Waals surface area contributed by atoms with Gasteiger partial charge in [-0.25, -0.2) is 4.39 Å². The molecule has 0 saturated carbocycles. The topological polar surface area (TPSA) is 51.5 Å². The molecule has 2 aromatic carbocycles. The van der Waals surface area contributed by atoms with Gasteiger partial charge in [0.15, 0.2) is 0 Å². The number of thioether (sulfide) groups is 1. The van der Waals surface area contributed by atoms with Crippen LogP contribution in [0.15, 0.2) is 59.5 Å². The highest BCUT2D eigenvalue weighted by atomic mass is 32.2. The number of nitrogens with zero attached hydrogens (tertiary/aromatic N) is 2. The second kappa shape index (κ2) is 8.43. The van der Waals surface area contributed by atoms with Gasteiger partial charge >= 0.3 is 0 Å². The van der Waals surface area contributed by atoms with Crippen molar-refractivity contribution in [2.24, 2.45) is 0 Å². The van der Waals surface area contributed by atoms with Crippen molar-refractivity contribution in [3.63, 3.8) is 0 Å². The minimum absolute atomic E-state index is 0.116. The first kappa shape index (κ1) is 20.9. The van der Waals surface area contributed by atoms with E-state index in [1.54, 1.807) is 25.3 Å². The van der Waals surface area contributed by atoms with E-state index in [1.165, 1.54) is 17.0 Å². The van der Waals surface area contributed by atoms with E-state index in [0.717, 1.165) is 40.2 Å². The molecule has 0 N–H and O–H groups in total. The van der Waals surface area contributed by atoms with E-state index in [-0.39, 0.29) is 23.5 Å². The molecule has 158 valence electrons. The predicted octanol–water partition coefficient (Wildman–Crippen LogP) is 5.48. The van der Waals surface area contributed by atoms with Crippen LogP contribution < -0.4 is 4.74 Å². The van der Waals surface area contributed by atoms with Crippen LogP contribution in [0.25, 0.3) is 11.8 Å². The number of amides is 2. The van der Waals surface area contributed by atoms with E-state index in [4.69, 9.17) is 4.74 Å². The zero-order valence-corrected chi connectivity index (χ0v) is 18.2. The Labute approximate surface area is 184 Å². The van der Waals surface area contributed by atoms with Gasteiger partial charge in [-0.3, -0.25) is 14.5 Å². The monoisotopic (exact) mass is 436 g/mol. The molecule has 1 saturated heterocycles. The Hall–Kier alpha value is -3.32. The number of ether oxygens (including phenoxy) is 1. The van der Waals surface area contributed by atoms with Gasteiger partial charge in [0.25, 0.3) is 11.1 Å². The number of benzene rings is 2. The van der Waals surface area contributed by atoms with Crippen LogP contribution >= 0.6 is 11.8 Å². The SMILES string of the molecule is COc1cccc(-n2c(C)cc(/C=C3\SC(=O)N(Cc4ccc(F)cc4)C3=O)c2C)c1. The fourth-order valence-electron chi connectivity index (χ4n) is 3.63. The fourth-order valence-corrected chi connectivity index (χ4v) is 4.46. The van der Waals surface area contributed by atoms with Gasteiger partial charge in [0.1, 0.15) is 11.6 Å². The summed E-state index contributed by atoms with van der Waals surface area (Å²) in [4.78, 5) is 26.9. The lowest BCUT2D eigenvalue weighted by molar-refractivity contribution is -0.123. The first-order valence-electron chi connectivity index (χ1n) is 9.70. The van der Waals surface area contributed by atoms with Crippen LogP contribution in [0.4, 0.5) is 9.18 Å². The van der Waals surface area contributed by atoms with Crippen molar-refractivity contribution in [3.05, 3.63) is 87.8 Å². The third-order valence-corrected chi connectivity index (χ3v) is 6.10. The van der Waals surface area contributed by atoms with Crippen LogP contribution in [0, 0.1) is 19.7 Å². The van der Waals surface area contributed by atoms with E-state index in [2.05, 4.69) is 4.57 Å². The van der Waals surface area contributed by atoms with Gasteiger partial charge in [-0.15, -0.1) is 0 Å². The Morgan fingerprint density at radius 3 is 2.52 bits per heavy atom. The molecule has 0 spiro atoms. The van der Waals surface area contributed by atoms with Crippen molar-refractivity contribution in [1.82, 2.24) is 9.47 Å². The largest absolute Gasteiger partial charge is 0.497 e. The van der Waals surface area contributed by atoms with Crippen LogP contribution in [0.5, 0.6) is 5.75 Å². The number of hydrogen-bond donors (Lipinski definition) is 0. The second-order valence-electron chi connectivity index (χ2n) is 7.26. The summed E-state index contributed by atoms with van der Waals surface area (Å²) in [5.74, 6) is 0.0585. The second-order valence-corrected chi connectivity index (χ2v) is 8.25. The molecule has 4 rings (SSSR count). The standard InChI is InChI=1S/C24H21FN2O3S/c1-15-11-18(16(2)27(15)20-5-4-6-21(13-20)30-3)12-22-23(28)26(24(29)31-22)14-17-7-9-19(25)10-8-17/h4-13H,14H2,1-3H3/b22-12-. The quantitative estimate of drug-likeness (QED) is 0.497. The average Bonchev–Trinajstić information content (AvgIpc) is 3.19. The average molecular weight is 437 g/mol. The zero-order valence-electron chi connectivity index (χ0n) is 17.4. The van der Waals surface area contributed by atoms with Crippen molar-refractivity contribution in [2.75, 3.05) is 7.11 Å². The van der Waals surface area contributed by atoms with Crippen molar-refractivity contribution >= 4 is 29.0 Å². The molecule has 3 aromatic rings. The molecule has 1 aliphatic rings. The van der Waals surface area contributed by atoms with Crippen molar-refractivity contribution in [3.8, 4) is 11.4 Å². The molecule has 0 bridgehead atoms. The first-order chi connectivity index (χ1) is 14.9. The van der Waals surface area contributed by atoms with Gasteiger partial charge in [-0.1, -0.05) is 18.2 Å². The molecule has 0 unspecified atom stereocenters. The molecule has 0 atom stereocenters. The Bertz CT molecular complexity index is 1200. The van der Waals surface area contributed by atoms with Gasteiger partial charge in [-0.05, 0) is 73.1 Å². The summed E-state index contributed by atoms with van der Waals surface area (Å²) in [5.41, 5.74) is 4.48. The zero-order chi connectivity index (χ0) is 22.1. The number of aromatic nitrogens is 1. The van der Waals surface area contributed by atoms with Crippen LogP contribution in [0.3, 0.4) is 0 Å². The summed E-state index contributed by atoms with van der Waals surface area (Å²) in [6.07, 6.45) is 1.76. The molecule has 2 amide bonds. The van der Waals surface area contributed by atoms with Gasteiger partial charge in [0.2, 0.25) is 0 Å². The van der Waals surface area contributed by atoms with Crippen molar-refractivity contribution < 1.29 is 18.7 Å². The van der Waals surface area contributed by atoms with Crippen molar-refractivity contribution in [1.29, 1.82) is 0 Å². The molecule has 0 aliphatic carbocycles. The summed E-state index contributed by atoms with van der Waals surface area (Å²) in [6, 6.07) is 15.5. The van der Waals surface area contributed by atoms with E-state index in [0.29, 0.717) is 10.5 Å². The minimum atomic E-state index is -0.357. The number of halogens is 1. The maximum absolute atomic E-state index is 13.1. The summed E-state index contributed by atoms with van der Waals surface area (Å²) >= 11 is 0.920. The number of carbonyl (C=O) groups is 2. The molecule has 1 aliphatic heterocycles. The molecule has 0 radical (unpaired) electrons. The van der Waals surface area contributed by atoms with E-state index < -0.39 is 0 Å². The maximum Gasteiger partial charge on any atom is 0.293 e. The van der Waals surface area contributed by atoms with E-state index in [9.17, 15) is 14.0 Å². The highest BCUT2D eigenvalue weighted by Gasteiger charge is 2.35. The van der Waals surface area contributed by atoms with Crippen LogP contribution in [0.2, 0.25) is 0 Å². The minimum Gasteiger partial charge on any atom is -0.497 e. The van der Waals surface area contributed by atoms with Gasteiger partial charge in [0, 0.05) is 23.1 Å². The van der Waals surface area contributed by atoms with Gasteiger partial charge in [-0.2, -0.15) is 0 Å². The van der Waals surface area contributed by atoms with E-state index in [1.807, 2.05) is 44.2 Å². The van der Waals surface area contributed by atoms with E-state index >= 15 is 0 Å². The summed E-state index contributed by atoms with van der Waals surface area (Å²) in [5, 5.41) is -0.331. The fraction of sp³-hybridized carbons (Fsp3) is 0.167. The third-order valence-electron chi connectivity index (χ3n) is 5.20. The third kappa shape index (κ3) is 4.14.